The number of piperidine rings is 1. The van der Waals surface area contributed by atoms with Gasteiger partial charge >= 0.3 is 0 Å². The van der Waals surface area contributed by atoms with Gasteiger partial charge in [-0.3, -0.25) is 4.79 Å². The molecule has 0 aromatic heterocycles. The van der Waals surface area contributed by atoms with E-state index in [2.05, 4.69) is 55.0 Å². The molecule has 1 saturated heterocycles. The Morgan fingerprint density at radius 3 is 2.72 bits per heavy atom. The molecule has 2 atom stereocenters. The minimum Gasteiger partial charge on any atom is -0.399 e. The molecule has 0 aromatic carbocycles. The van der Waals surface area contributed by atoms with Crippen LogP contribution in [0.2, 0.25) is 0 Å². The van der Waals surface area contributed by atoms with Crippen molar-refractivity contribution in [2.45, 2.75) is 78.3 Å². The highest BCUT2D eigenvalue weighted by Gasteiger charge is 2.38. The number of nitrogens with two attached hydrogens (primary N) is 1. The lowest BCUT2D eigenvalue weighted by Gasteiger charge is -2.46. The summed E-state index contributed by atoms with van der Waals surface area (Å²) < 4.78 is 0. The highest BCUT2D eigenvalue weighted by atomic mass is 16.2. The number of fused-ring (bicyclic) bond motifs is 1. The third kappa shape index (κ3) is 5.64. The van der Waals surface area contributed by atoms with Crippen molar-refractivity contribution < 1.29 is 4.79 Å². The van der Waals surface area contributed by atoms with E-state index in [9.17, 15) is 4.79 Å². The molecule has 3 N–H and O–H groups in total. The summed E-state index contributed by atoms with van der Waals surface area (Å²) in [5.74, 6) is 0.960. The van der Waals surface area contributed by atoms with Crippen LogP contribution in [0.3, 0.4) is 0 Å². The summed E-state index contributed by atoms with van der Waals surface area (Å²) in [6, 6.07) is 0.997. The highest BCUT2D eigenvalue weighted by molar-refractivity contribution is 5.78. The summed E-state index contributed by atoms with van der Waals surface area (Å²) >= 11 is 0. The van der Waals surface area contributed by atoms with Crippen molar-refractivity contribution in [2.75, 3.05) is 32.7 Å². The molecule has 1 amide bonds. The third-order valence-corrected chi connectivity index (χ3v) is 7.43. The average Bonchev–Trinajstić information content (AvgIpc) is 2.71. The molecule has 1 aliphatic heterocycles. The van der Waals surface area contributed by atoms with Crippen LogP contribution in [0.25, 0.3) is 0 Å². The number of hydrogen-bond donors (Lipinski definition) is 2. The Morgan fingerprint density at radius 2 is 2.07 bits per heavy atom. The molecule has 29 heavy (non-hydrogen) atoms. The van der Waals surface area contributed by atoms with Gasteiger partial charge in [-0.2, -0.15) is 0 Å². The van der Waals surface area contributed by atoms with Crippen LogP contribution in [-0.4, -0.2) is 60.5 Å². The van der Waals surface area contributed by atoms with Gasteiger partial charge < -0.3 is 20.9 Å². The molecular formula is C24H42N4O. The maximum atomic E-state index is 12.4. The first kappa shape index (κ1) is 22.4. The Hall–Kier alpha value is -1.33. The molecule has 5 heteroatoms. The maximum Gasteiger partial charge on any atom is 0.236 e. The first-order valence-corrected chi connectivity index (χ1v) is 11.7. The number of nitrogens with one attached hydrogen (secondary N) is 1. The number of likely N-dealkylation sites (tertiary alicyclic amines) is 1. The van der Waals surface area contributed by atoms with Crippen LogP contribution in [0.15, 0.2) is 23.4 Å². The average molecular weight is 403 g/mol. The Labute approximate surface area is 177 Å². The Kier molecular flexibility index (Phi) is 7.44. The van der Waals surface area contributed by atoms with Crippen LogP contribution in [0.4, 0.5) is 0 Å². The molecule has 2 unspecified atom stereocenters. The zero-order valence-corrected chi connectivity index (χ0v) is 19.0. The number of nitrogens with zero attached hydrogens (tertiary/aromatic N) is 2. The van der Waals surface area contributed by atoms with Crippen molar-refractivity contribution >= 4 is 5.91 Å². The van der Waals surface area contributed by atoms with Crippen LogP contribution in [0, 0.1) is 11.3 Å². The smallest absolute Gasteiger partial charge is 0.236 e. The van der Waals surface area contributed by atoms with E-state index in [1.54, 1.807) is 5.57 Å². The first-order chi connectivity index (χ1) is 13.8. The fourth-order valence-corrected chi connectivity index (χ4v) is 5.27. The standard InChI is InChI=1S/C24H42N4O/c1-5-27(22-7-11-24(4)10-6-21(25)14-20(24)15-22)17-19-8-12-28(13-9-19)23(29)16-26-18(2)3/h6,14,18-19,22,26H,5,7-13,15-17,25H2,1-4H3. The summed E-state index contributed by atoms with van der Waals surface area (Å²) in [7, 11) is 0. The van der Waals surface area contributed by atoms with Crippen LogP contribution in [0.1, 0.15) is 66.2 Å². The van der Waals surface area contributed by atoms with Crippen molar-refractivity contribution in [2.24, 2.45) is 17.1 Å². The molecule has 2 aliphatic carbocycles. The molecule has 0 spiro atoms. The van der Waals surface area contributed by atoms with Crippen molar-refractivity contribution in [3.8, 4) is 0 Å². The van der Waals surface area contributed by atoms with Gasteiger partial charge in [0.05, 0.1) is 6.54 Å². The molecule has 5 nitrogen and oxygen atoms in total. The molecule has 0 bridgehead atoms. The Balaban J connectivity index is 1.50. The summed E-state index contributed by atoms with van der Waals surface area (Å²) in [4.78, 5) is 17.1. The van der Waals surface area contributed by atoms with Crippen molar-refractivity contribution in [3.05, 3.63) is 23.4 Å². The van der Waals surface area contributed by atoms with Gasteiger partial charge in [0.2, 0.25) is 5.91 Å². The van der Waals surface area contributed by atoms with E-state index in [0.29, 0.717) is 30.0 Å². The lowest BCUT2D eigenvalue weighted by molar-refractivity contribution is -0.131. The van der Waals surface area contributed by atoms with Crippen LogP contribution < -0.4 is 11.1 Å². The third-order valence-electron chi connectivity index (χ3n) is 7.43. The van der Waals surface area contributed by atoms with Gasteiger partial charge in [-0.1, -0.05) is 39.3 Å². The van der Waals surface area contributed by atoms with Crippen LogP contribution in [-0.2, 0) is 4.79 Å². The fraction of sp³-hybridized carbons (Fsp3) is 0.792. The molecule has 3 aliphatic rings. The minimum absolute atomic E-state index is 0.256. The van der Waals surface area contributed by atoms with E-state index in [4.69, 9.17) is 5.73 Å². The summed E-state index contributed by atoms with van der Waals surface area (Å²) in [5, 5.41) is 3.25. The van der Waals surface area contributed by atoms with E-state index in [1.807, 2.05) is 0 Å². The predicted molar refractivity (Wildman–Crippen MR) is 120 cm³/mol. The number of hydrogen-bond acceptors (Lipinski definition) is 4. The SMILES string of the molecule is CCN(CC1CCN(C(=O)CNC(C)C)CC1)C1CCC2(C)CC=C(N)C=C2C1. The van der Waals surface area contributed by atoms with E-state index < -0.39 is 0 Å². The second kappa shape index (κ2) is 9.65. The van der Waals surface area contributed by atoms with Gasteiger partial charge in [0.25, 0.3) is 0 Å². The summed E-state index contributed by atoms with van der Waals surface area (Å²) in [6.45, 7) is 13.5. The van der Waals surface area contributed by atoms with Gasteiger partial charge in [-0.25, -0.2) is 0 Å². The molecule has 0 aromatic rings. The lowest BCUT2D eigenvalue weighted by Crippen LogP contribution is -2.48. The zero-order chi connectivity index (χ0) is 21.0. The minimum atomic E-state index is 0.256. The monoisotopic (exact) mass is 402 g/mol. The van der Waals surface area contributed by atoms with Crippen molar-refractivity contribution in [1.29, 1.82) is 0 Å². The number of allylic oxidation sites excluding steroid dienone is 2. The quantitative estimate of drug-likeness (QED) is 0.686. The second-order valence-electron chi connectivity index (χ2n) is 9.98. The summed E-state index contributed by atoms with van der Waals surface area (Å²) in [6.07, 6.45) is 11.5. The first-order valence-electron chi connectivity index (χ1n) is 11.7. The maximum absolute atomic E-state index is 12.4. The number of rotatable bonds is 7. The van der Waals surface area contributed by atoms with Crippen molar-refractivity contribution in [1.82, 2.24) is 15.1 Å². The lowest BCUT2D eigenvalue weighted by atomic mass is 9.66. The normalized spacial score (nSPS) is 28.3. The topological polar surface area (TPSA) is 61.6 Å². The van der Waals surface area contributed by atoms with E-state index in [0.717, 1.165) is 51.0 Å². The fourth-order valence-electron chi connectivity index (χ4n) is 5.27. The molecule has 164 valence electrons. The molecule has 2 fully saturated rings. The highest BCUT2D eigenvalue weighted by Crippen LogP contribution is 2.47. The number of carbonyl (C=O) groups excluding carboxylic acids is 1. The largest absolute Gasteiger partial charge is 0.399 e. The van der Waals surface area contributed by atoms with Crippen LogP contribution >= 0.6 is 0 Å². The van der Waals surface area contributed by atoms with Gasteiger partial charge in [-0.05, 0) is 62.5 Å². The molecule has 3 rings (SSSR count). The van der Waals surface area contributed by atoms with Gasteiger partial charge in [-0.15, -0.1) is 0 Å². The van der Waals surface area contributed by atoms with Gasteiger partial charge in [0.15, 0.2) is 0 Å². The Morgan fingerprint density at radius 1 is 1.34 bits per heavy atom. The zero-order valence-electron chi connectivity index (χ0n) is 19.0. The number of carbonyl (C=O) groups is 1. The predicted octanol–water partition coefficient (Wildman–Crippen LogP) is 3.28. The van der Waals surface area contributed by atoms with Crippen molar-refractivity contribution in [3.63, 3.8) is 0 Å². The van der Waals surface area contributed by atoms with E-state index in [1.165, 1.54) is 19.4 Å². The molecule has 1 saturated carbocycles. The second-order valence-corrected chi connectivity index (χ2v) is 9.98. The van der Waals surface area contributed by atoms with Gasteiger partial charge in [0.1, 0.15) is 0 Å². The summed E-state index contributed by atoms with van der Waals surface area (Å²) in [5.41, 5.74) is 8.95. The van der Waals surface area contributed by atoms with E-state index >= 15 is 0 Å². The number of amides is 1. The Bertz CT molecular complexity index is 633. The van der Waals surface area contributed by atoms with Crippen LogP contribution in [0.5, 0.6) is 0 Å². The molecular weight excluding hydrogens is 360 g/mol. The molecule has 0 radical (unpaired) electrons. The van der Waals surface area contributed by atoms with Gasteiger partial charge in [0, 0.05) is 37.4 Å². The molecule has 1 heterocycles. The van der Waals surface area contributed by atoms with E-state index in [-0.39, 0.29) is 5.91 Å².